The van der Waals surface area contributed by atoms with Gasteiger partial charge in [0.25, 0.3) is 0 Å². The molecule has 0 amide bonds. The summed E-state index contributed by atoms with van der Waals surface area (Å²) in [6.45, 7) is 1.58. The van der Waals surface area contributed by atoms with Crippen LogP contribution in [0.3, 0.4) is 0 Å². The van der Waals surface area contributed by atoms with E-state index in [0.29, 0.717) is 17.3 Å². The van der Waals surface area contributed by atoms with Crippen molar-refractivity contribution in [1.29, 1.82) is 0 Å². The second kappa shape index (κ2) is 5.16. The molecule has 0 radical (unpaired) electrons. The molecule has 3 rings (SSSR count). The molecule has 1 saturated heterocycles. The number of para-hydroxylation sites is 1. The maximum absolute atomic E-state index is 12.2. The van der Waals surface area contributed by atoms with E-state index in [2.05, 4.69) is 4.98 Å². The summed E-state index contributed by atoms with van der Waals surface area (Å²) in [4.78, 5) is 16.6. The van der Waals surface area contributed by atoms with E-state index in [-0.39, 0.29) is 5.78 Å². The second-order valence-electron chi connectivity index (χ2n) is 4.67. The van der Waals surface area contributed by atoms with Gasteiger partial charge >= 0.3 is 0 Å². The summed E-state index contributed by atoms with van der Waals surface area (Å²) >= 11 is 1.50. The van der Waals surface area contributed by atoms with Gasteiger partial charge in [0, 0.05) is 19.6 Å². The first-order valence-corrected chi connectivity index (χ1v) is 7.11. The molecule has 0 aliphatic carbocycles. The number of ketones is 1. The molecule has 1 fully saturated rings. The van der Waals surface area contributed by atoms with Crippen LogP contribution in [0.4, 0.5) is 0 Å². The first-order valence-electron chi connectivity index (χ1n) is 6.29. The lowest BCUT2D eigenvalue weighted by Gasteiger charge is -2.20. The number of carbonyl (C=O) groups is 1. The maximum atomic E-state index is 12.2. The van der Waals surface area contributed by atoms with Gasteiger partial charge in [-0.25, -0.2) is 4.98 Å². The molecule has 2 aromatic rings. The van der Waals surface area contributed by atoms with Crippen LogP contribution >= 0.6 is 11.3 Å². The summed E-state index contributed by atoms with van der Waals surface area (Å²) < 4.78 is 6.40. The third-order valence-corrected chi connectivity index (χ3v) is 4.42. The fourth-order valence-electron chi connectivity index (χ4n) is 2.29. The summed E-state index contributed by atoms with van der Waals surface area (Å²) in [6, 6.07) is 7.90. The average molecular weight is 261 g/mol. The van der Waals surface area contributed by atoms with E-state index in [0.717, 1.165) is 36.3 Å². The highest BCUT2D eigenvalue weighted by atomic mass is 32.1. The van der Waals surface area contributed by atoms with Gasteiger partial charge in [-0.3, -0.25) is 4.79 Å². The van der Waals surface area contributed by atoms with Gasteiger partial charge < -0.3 is 4.74 Å². The fraction of sp³-hybridized carbons (Fsp3) is 0.429. The molecule has 0 N–H and O–H groups in total. The Morgan fingerprint density at radius 1 is 1.33 bits per heavy atom. The van der Waals surface area contributed by atoms with Crippen LogP contribution in [-0.2, 0) is 4.74 Å². The van der Waals surface area contributed by atoms with Gasteiger partial charge in [0.15, 0.2) is 10.8 Å². The number of thiazole rings is 1. The molecule has 0 spiro atoms. The van der Waals surface area contributed by atoms with Crippen LogP contribution in [-0.4, -0.2) is 24.0 Å². The molecule has 4 heteroatoms. The van der Waals surface area contributed by atoms with E-state index in [4.69, 9.17) is 4.74 Å². The highest BCUT2D eigenvalue weighted by Crippen LogP contribution is 2.26. The number of hydrogen-bond donors (Lipinski definition) is 0. The van der Waals surface area contributed by atoms with Crippen LogP contribution in [0, 0.1) is 5.92 Å². The van der Waals surface area contributed by atoms with Gasteiger partial charge in [-0.1, -0.05) is 12.1 Å². The van der Waals surface area contributed by atoms with E-state index < -0.39 is 0 Å². The predicted molar refractivity (Wildman–Crippen MR) is 72.1 cm³/mol. The summed E-state index contributed by atoms with van der Waals surface area (Å²) in [5, 5.41) is 0.655. The Bertz CT molecular complexity index is 525. The zero-order chi connectivity index (χ0) is 12.4. The van der Waals surface area contributed by atoms with Gasteiger partial charge in [-0.05, 0) is 30.9 Å². The Morgan fingerprint density at radius 3 is 2.89 bits per heavy atom. The first kappa shape index (κ1) is 11.8. The third kappa shape index (κ3) is 2.44. The van der Waals surface area contributed by atoms with Gasteiger partial charge in [-0.2, -0.15) is 0 Å². The van der Waals surface area contributed by atoms with Crippen molar-refractivity contribution in [3.05, 3.63) is 29.3 Å². The van der Waals surface area contributed by atoms with Crippen LogP contribution in [0.5, 0.6) is 0 Å². The van der Waals surface area contributed by atoms with Gasteiger partial charge in [-0.15, -0.1) is 11.3 Å². The molecule has 3 nitrogen and oxygen atoms in total. The zero-order valence-electron chi connectivity index (χ0n) is 10.1. The number of ether oxygens (including phenoxy) is 1. The molecule has 0 bridgehead atoms. The molecule has 18 heavy (non-hydrogen) atoms. The van der Waals surface area contributed by atoms with Crippen molar-refractivity contribution in [3.63, 3.8) is 0 Å². The van der Waals surface area contributed by atoms with E-state index in [1.165, 1.54) is 11.3 Å². The summed E-state index contributed by atoms with van der Waals surface area (Å²) in [7, 11) is 0. The largest absolute Gasteiger partial charge is 0.381 e. The molecule has 1 aliphatic heterocycles. The average Bonchev–Trinajstić information content (AvgIpc) is 2.84. The number of carbonyl (C=O) groups excluding carboxylic acids is 1. The number of fused-ring (bicyclic) bond motifs is 1. The second-order valence-corrected chi connectivity index (χ2v) is 5.70. The number of hydrogen-bond acceptors (Lipinski definition) is 4. The van der Waals surface area contributed by atoms with E-state index in [1.807, 2.05) is 24.3 Å². The number of Topliss-reactive ketones (excluding diaryl/α,β-unsaturated/α-hetero) is 1. The normalized spacial score (nSPS) is 17.1. The molecule has 2 heterocycles. The first-order chi connectivity index (χ1) is 8.83. The molecule has 1 aliphatic rings. The molecule has 94 valence electrons. The van der Waals surface area contributed by atoms with Crippen LogP contribution < -0.4 is 0 Å². The minimum absolute atomic E-state index is 0.183. The fourth-order valence-corrected chi connectivity index (χ4v) is 3.21. The lowest BCUT2D eigenvalue weighted by molar-refractivity contribution is 0.0601. The number of rotatable bonds is 3. The highest BCUT2D eigenvalue weighted by molar-refractivity contribution is 7.20. The lowest BCUT2D eigenvalue weighted by atomic mass is 9.94. The minimum Gasteiger partial charge on any atom is -0.381 e. The highest BCUT2D eigenvalue weighted by Gasteiger charge is 2.20. The Morgan fingerprint density at radius 2 is 2.11 bits per heavy atom. The van der Waals surface area contributed by atoms with E-state index in [9.17, 15) is 4.79 Å². The Labute approximate surface area is 110 Å². The number of benzene rings is 1. The maximum Gasteiger partial charge on any atom is 0.191 e. The van der Waals surface area contributed by atoms with Crippen molar-refractivity contribution in [1.82, 2.24) is 4.98 Å². The SMILES string of the molecule is O=C(CC1CCOCC1)c1nc2ccccc2s1. The quantitative estimate of drug-likeness (QED) is 0.796. The van der Waals surface area contributed by atoms with E-state index >= 15 is 0 Å². The van der Waals surface area contributed by atoms with Crippen LogP contribution in [0.1, 0.15) is 29.1 Å². The molecule has 1 aromatic carbocycles. The van der Waals surface area contributed by atoms with E-state index in [1.54, 1.807) is 0 Å². The standard InChI is InChI=1S/C14H15NO2S/c16-12(9-10-5-7-17-8-6-10)14-15-11-3-1-2-4-13(11)18-14/h1-4,10H,5-9H2. The monoisotopic (exact) mass is 261 g/mol. The van der Waals surface area contributed by atoms with Gasteiger partial charge in [0.1, 0.15) is 0 Å². The van der Waals surface area contributed by atoms with Gasteiger partial charge in [0.2, 0.25) is 0 Å². The Hall–Kier alpha value is -1.26. The smallest absolute Gasteiger partial charge is 0.191 e. The van der Waals surface area contributed by atoms with Crippen molar-refractivity contribution in [2.75, 3.05) is 13.2 Å². The van der Waals surface area contributed by atoms with Crippen LogP contribution in [0.15, 0.2) is 24.3 Å². The molecule has 0 saturated carbocycles. The summed E-state index contributed by atoms with van der Waals surface area (Å²) in [6.07, 6.45) is 2.61. The number of nitrogens with zero attached hydrogens (tertiary/aromatic N) is 1. The molecule has 0 atom stereocenters. The summed E-state index contributed by atoms with van der Waals surface area (Å²) in [5.41, 5.74) is 0.929. The van der Waals surface area contributed by atoms with Crippen LogP contribution in [0.2, 0.25) is 0 Å². The molecular formula is C14H15NO2S. The zero-order valence-corrected chi connectivity index (χ0v) is 10.9. The topological polar surface area (TPSA) is 39.2 Å². The van der Waals surface area contributed by atoms with Crippen LogP contribution in [0.25, 0.3) is 10.2 Å². The van der Waals surface area contributed by atoms with Crippen molar-refractivity contribution in [2.24, 2.45) is 5.92 Å². The van der Waals surface area contributed by atoms with Gasteiger partial charge in [0.05, 0.1) is 10.2 Å². The molecular weight excluding hydrogens is 246 g/mol. The Balaban J connectivity index is 1.74. The number of aromatic nitrogens is 1. The Kier molecular flexibility index (Phi) is 3.39. The van der Waals surface area contributed by atoms with Crippen molar-refractivity contribution < 1.29 is 9.53 Å². The predicted octanol–water partition coefficient (Wildman–Crippen LogP) is 3.30. The van der Waals surface area contributed by atoms with Crippen molar-refractivity contribution in [3.8, 4) is 0 Å². The molecule has 0 unspecified atom stereocenters. The van der Waals surface area contributed by atoms with Crippen molar-refractivity contribution >= 4 is 27.3 Å². The summed E-state index contributed by atoms with van der Waals surface area (Å²) in [5.74, 6) is 0.654. The minimum atomic E-state index is 0.183. The third-order valence-electron chi connectivity index (χ3n) is 3.35. The van der Waals surface area contributed by atoms with Crippen molar-refractivity contribution in [2.45, 2.75) is 19.3 Å². The molecule has 1 aromatic heterocycles. The lowest BCUT2D eigenvalue weighted by Crippen LogP contribution is -2.18.